The maximum absolute atomic E-state index is 12.1. The molecule has 2 rings (SSSR count). The fourth-order valence-corrected chi connectivity index (χ4v) is 3.00. The molecular formula is C15H18N2O2S. The molecule has 0 unspecified atom stereocenters. The molecule has 0 fully saturated rings. The van der Waals surface area contributed by atoms with Crippen LogP contribution in [0.3, 0.4) is 0 Å². The predicted octanol–water partition coefficient (Wildman–Crippen LogP) is 1.95. The van der Waals surface area contributed by atoms with E-state index in [9.17, 15) is 8.42 Å². The Hall–Kier alpha value is -1.72. The lowest BCUT2D eigenvalue weighted by molar-refractivity contribution is 0.590. The number of rotatable bonds is 6. The highest BCUT2D eigenvalue weighted by molar-refractivity contribution is 7.91. The topological polar surface area (TPSA) is 59.1 Å². The van der Waals surface area contributed by atoms with E-state index < -0.39 is 9.84 Å². The summed E-state index contributed by atoms with van der Waals surface area (Å²) in [6.07, 6.45) is 3.48. The van der Waals surface area contributed by atoms with E-state index in [2.05, 4.69) is 10.3 Å². The van der Waals surface area contributed by atoms with Crippen LogP contribution in [0.25, 0.3) is 0 Å². The highest BCUT2D eigenvalue weighted by Crippen LogP contribution is 2.11. The number of aromatic nitrogens is 1. The van der Waals surface area contributed by atoms with Crippen LogP contribution in [-0.2, 0) is 16.4 Å². The van der Waals surface area contributed by atoms with E-state index >= 15 is 0 Å². The summed E-state index contributed by atoms with van der Waals surface area (Å²) in [5.41, 5.74) is 2.10. The van der Waals surface area contributed by atoms with Crippen molar-refractivity contribution in [3.8, 4) is 0 Å². The van der Waals surface area contributed by atoms with Gasteiger partial charge in [0.1, 0.15) is 0 Å². The molecule has 4 nitrogen and oxygen atoms in total. The second kappa shape index (κ2) is 6.63. The van der Waals surface area contributed by atoms with Crippen LogP contribution in [0.4, 0.5) is 0 Å². The molecule has 20 heavy (non-hydrogen) atoms. The van der Waals surface area contributed by atoms with E-state index in [0.29, 0.717) is 18.0 Å². The van der Waals surface area contributed by atoms with Gasteiger partial charge in [-0.1, -0.05) is 23.8 Å². The van der Waals surface area contributed by atoms with Crippen molar-refractivity contribution in [1.29, 1.82) is 0 Å². The minimum Gasteiger partial charge on any atom is -0.312 e. The van der Waals surface area contributed by atoms with Crippen LogP contribution in [-0.4, -0.2) is 25.7 Å². The van der Waals surface area contributed by atoms with Gasteiger partial charge in [-0.05, 0) is 30.7 Å². The molecule has 106 valence electrons. The van der Waals surface area contributed by atoms with E-state index in [1.165, 1.54) is 0 Å². The second-order valence-electron chi connectivity index (χ2n) is 4.67. The number of nitrogens with zero attached hydrogens (tertiary/aromatic N) is 1. The Labute approximate surface area is 119 Å². The van der Waals surface area contributed by atoms with Crippen LogP contribution in [0, 0.1) is 6.92 Å². The molecule has 0 saturated carbocycles. The first-order chi connectivity index (χ1) is 9.58. The molecular weight excluding hydrogens is 272 g/mol. The zero-order valence-electron chi connectivity index (χ0n) is 11.4. The van der Waals surface area contributed by atoms with Gasteiger partial charge in [0, 0.05) is 25.5 Å². The third-order valence-corrected chi connectivity index (χ3v) is 4.71. The van der Waals surface area contributed by atoms with Crippen molar-refractivity contribution in [3.63, 3.8) is 0 Å². The van der Waals surface area contributed by atoms with Crippen molar-refractivity contribution in [2.45, 2.75) is 18.4 Å². The molecule has 0 atom stereocenters. The molecule has 0 aliphatic carbocycles. The number of pyridine rings is 1. The van der Waals surface area contributed by atoms with Crippen molar-refractivity contribution >= 4 is 9.84 Å². The third-order valence-electron chi connectivity index (χ3n) is 2.98. The number of hydrogen-bond donors (Lipinski definition) is 1. The van der Waals surface area contributed by atoms with Crippen molar-refractivity contribution < 1.29 is 8.42 Å². The molecule has 1 aromatic heterocycles. The maximum Gasteiger partial charge on any atom is 0.179 e. The summed E-state index contributed by atoms with van der Waals surface area (Å²) >= 11 is 0. The summed E-state index contributed by atoms with van der Waals surface area (Å²) in [4.78, 5) is 4.39. The summed E-state index contributed by atoms with van der Waals surface area (Å²) in [7, 11) is -3.21. The first-order valence-electron chi connectivity index (χ1n) is 6.47. The van der Waals surface area contributed by atoms with Gasteiger partial charge in [-0.25, -0.2) is 8.42 Å². The van der Waals surface area contributed by atoms with Crippen LogP contribution >= 0.6 is 0 Å². The third kappa shape index (κ3) is 4.15. The molecule has 0 bridgehead atoms. The van der Waals surface area contributed by atoms with Gasteiger partial charge < -0.3 is 5.32 Å². The number of aryl methyl sites for hydroxylation is 1. The standard InChI is InChI=1S/C15H18N2O2S/c1-13-4-6-15(7-5-13)20(18,19)10-9-17-12-14-3-2-8-16-11-14/h2-8,11,17H,9-10,12H2,1H3. The van der Waals surface area contributed by atoms with Crippen molar-refractivity contribution in [3.05, 3.63) is 59.9 Å². The van der Waals surface area contributed by atoms with Gasteiger partial charge in [0.2, 0.25) is 0 Å². The number of sulfone groups is 1. The highest BCUT2D eigenvalue weighted by Gasteiger charge is 2.13. The summed E-state index contributed by atoms with van der Waals surface area (Å²) in [6, 6.07) is 10.8. The Morgan fingerprint density at radius 1 is 1.15 bits per heavy atom. The zero-order valence-corrected chi connectivity index (χ0v) is 12.2. The van der Waals surface area contributed by atoms with Crippen molar-refractivity contribution in [2.24, 2.45) is 0 Å². The van der Waals surface area contributed by atoms with Crippen LogP contribution in [0.15, 0.2) is 53.7 Å². The first-order valence-corrected chi connectivity index (χ1v) is 8.12. The predicted molar refractivity (Wildman–Crippen MR) is 79.2 cm³/mol. The van der Waals surface area contributed by atoms with Gasteiger partial charge >= 0.3 is 0 Å². The minimum absolute atomic E-state index is 0.0936. The van der Waals surface area contributed by atoms with Crippen LogP contribution in [0.1, 0.15) is 11.1 Å². The minimum atomic E-state index is -3.21. The Morgan fingerprint density at radius 2 is 1.90 bits per heavy atom. The van der Waals surface area contributed by atoms with Gasteiger partial charge in [-0.2, -0.15) is 0 Å². The lowest BCUT2D eigenvalue weighted by Crippen LogP contribution is -2.22. The smallest absolute Gasteiger partial charge is 0.179 e. The summed E-state index contributed by atoms with van der Waals surface area (Å²) < 4.78 is 24.2. The fraction of sp³-hybridized carbons (Fsp3) is 0.267. The van der Waals surface area contributed by atoms with Crippen LogP contribution in [0.2, 0.25) is 0 Å². The SMILES string of the molecule is Cc1ccc(S(=O)(=O)CCNCc2cccnc2)cc1. The molecule has 5 heteroatoms. The summed E-state index contributed by atoms with van der Waals surface area (Å²) in [5, 5.41) is 3.12. The Kier molecular flexibility index (Phi) is 4.87. The van der Waals surface area contributed by atoms with E-state index in [1.54, 1.807) is 24.5 Å². The van der Waals surface area contributed by atoms with E-state index in [4.69, 9.17) is 0 Å². The Morgan fingerprint density at radius 3 is 2.55 bits per heavy atom. The molecule has 1 heterocycles. The van der Waals surface area contributed by atoms with Gasteiger partial charge in [-0.3, -0.25) is 4.98 Å². The average Bonchev–Trinajstić information content (AvgIpc) is 2.45. The molecule has 1 N–H and O–H groups in total. The monoisotopic (exact) mass is 290 g/mol. The number of benzene rings is 1. The Bertz CT molecular complexity index is 637. The lowest BCUT2D eigenvalue weighted by atomic mass is 10.2. The molecule has 0 saturated heterocycles. The molecule has 0 aliphatic heterocycles. The largest absolute Gasteiger partial charge is 0.312 e. The fourth-order valence-electron chi connectivity index (χ4n) is 1.81. The van der Waals surface area contributed by atoms with Crippen molar-refractivity contribution in [2.75, 3.05) is 12.3 Å². The van der Waals surface area contributed by atoms with Gasteiger partial charge in [0.25, 0.3) is 0 Å². The zero-order chi connectivity index (χ0) is 14.4. The van der Waals surface area contributed by atoms with Gasteiger partial charge in [0.05, 0.1) is 10.6 Å². The number of hydrogen-bond acceptors (Lipinski definition) is 4. The van der Waals surface area contributed by atoms with Crippen LogP contribution < -0.4 is 5.32 Å². The lowest BCUT2D eigenvalue weighted by Gasteiger charge is -2.06. The molecule has 0 amide bonds. The van der Waals surface area contributed by atoms with Crippen molar-refractivity contribution in [1.82, 2.24) is 10.3 Å². The maximum atomic E-state index is 12.1. The molecule has 0 radical (unpaired) electrons. The van der Waals surface area contributed by atoms with E-state index in [-0.39, 0.29) is 5.75 Å². The Balaban J connectivity index is 1.85. The molecule has 2 aromatic rings. The highest BCUT2D eigenvalue weighted by atomic mass is 32.2. The first kappa shape index (κ1) is 14.7. The van der Waals surface area contributed by atoms with E-state index in [0.717, 1.165) is 11.1 Å². The van der Waals surface area contributed by atoms with Gasteiger partial charge in [0.15, 0.2) is 9.84 Å². The van der Waals surface area contributed by atoms with Crippen LogP contribution in [0.5, 0.6) is 0 Å². The van der Waals surface area contributed by atoms with E-state index in [1.807, 2.05) is 31.2 Å². The molecule has 0 spiro atoms. The molecule has 0 aliphatic rings. The number of nitrogens with one attached hydrogen (secondary N) is 1. The second-order valence-corrected chi connectivity index (χ2v) is 6.78. The summed E-state index contributed by atoms with van der Waals surface area (Å²) in [6.45, 7) is 2.98. The quantitative estimate of drug-likeness (QED) is 0.826. The summed E-state index contributed by atoms with van der Waals surface area (Å²) in [5.74, 6) is 0.0936. The van der Waals surface area contributed by atoms with Gasteiger partial charge in [-0.15, -0.1) is 0 Å². The average molecular weight is 290 g/mol. The normalized spacial score (nSPS) is 11.4. The molecule has 1 aromatic carbocycles.